The molecule has 3 N–H and O–H groups in total. The molecule has 2 bridgehead atoms. The third-order valence-corrected chi connectivity index (χ3v) is 4.81. The zero-order valence-corrected chi connectivity index (χ0v) is 12.1. The monoisotopic (exact) mass is 289 g/mol. The van der Waals surface area contributed by atoms with E-state index < -0.39 is 11.5 Å². The number of carboxylic acids is 1. The molecular weight excluding hydrogens is 270 g/mol. The minimum atomic E-state index is -1.25. The van der Waals surface area contributed by atoms with Crippen molar-refractivity contribution in [2.45, 2.75) is 17.9 Å². The molecule has 112 valence electrons. The molecule has 5 heteroatoms. The van der Waals surface area contributed by atoms with Gasteiger partial charge in [-0.25, -0.2) is 0 Å². The first-order valence-electron chi connectivity index (χ1n) is 6.95. The zero-order chi connectivity index (χ0) is 15.2. The molecule has 0 spiro atoms. The molecular formula is C16H19NO4. The van der Waals surface area contributed by atoms with Gasteiger partial charge in [-0.3, -0.25) is 4.79 Å². The smallest absolute Gasteiger partial charge is 0.324 e. The van der Waals surface area contributed by atoms with Crippen LogP contribution in [0.1, 0.15) is 17.9 Å². The Balaban J connectivity index is 2.07. The Morgan fingerprint density at radius 1 is 1.29 bits per heavy atom. The maximum atomic E-state index is 11.8. The van der Waals surface area contributed by atoms with Crippen LogP contribution < -0.4 is 15.2 Å². The highest BCUT2D eigenvalue weighted by Crippen LogP contribution is 2.55. The fourth-order valence-electron chi connectivity index (χ4n) is 3.77. The van der Waals surface area contributed by atoms with E-state index in [1.807, 2.05) is 18.2 Å². The van der Waals surface area contributed by atoms with E-state index in [1.165, 1.54) is 0 Å². The van der Waals surface area contributed by atoms with Crippen LogP contribution in [-0.2, 0) is 4.79 Å². The number of fused-ring (bicyclic) bond motifs is 2. The Morgan fingerprint density at radius 2 is 2.00 bits per heavy atom. The van der Waals surface area contributed by atoms with Gasteiger partial charge in [0.15, 0.2) is 11.5 Å². The average Bonchev–Trinajstić information content (AvgIpc) is 3.06. The summed E-state index contributed by atoms with van der Waals surface area (Å²) in [6, 6.07) is 5.51. The van der Waals surface area contributed by atoms with E-state index >= 15 is 0 Å². The van der Waals surface area contributed by atoms with Crippen molar-refractivity contribution in [2.24, 2.45) is 17.6 Å². The second-order valence-electron chi connectivity index (χ2n) is 5.72. The predicted octanol–water partition coefficient (Wildman–Crippen LogP) is 1.78. The van der Waals surface area contributed by atoms with Gasteiger partial charge < -0.3 is 20.3 Å². The highest BCUT2D eigenvalue weighted by Gasteiger charge is 2.59. The van der Waals surface area contributed by atoms with Crippen LogP contribution in [0, 0.1) is 11.8 Å². The minimum Gasteiger partial charge on any atom is -0.493 e. The van der Waals surface area contributed by atoms with Crippen molar-refractivity contribution < 1.29 is 19.4 Å². The summed E-state index contributed by atoms with van der Waals surface area (Å²) < 4.78 is 10.5. The number of ether oxygens (including phenoxy) is 2. The molecule has 21 heavy (non-hydrogen) atoms. The molecule has 2 aliphatic carbocycles. The van der Waals surface area contributed by atoms with Gasteiger partial charge in [0.25, 0.3) is 0 Å². The summed E-state index contributed by atoms with van der Waals surface area (Å²) in [4.78, 5) is 11.8. The number of hydrogen-bond acceptors (Lipinski definition) is 4. The molecule has 0 heterocycles. The maximum absolute atomic E-state index is 11.8. The van der Waals surface area contributed by atoms with Gasteiger partial charge in [-0.05, 0) is 30.0 Å². The van der Waals surface area contributed by atoms with Gasteiger partial charge in [0.1, 0.15) is 5.54 Å². The van der Waals surface area contributed by atoms with E-state index in [2.05, 4.69) is 6.08 Å². The summed E-state index contributed by atoms with van der Waals surface area (Å²) in [5.74, 6) is 0.0728. The molecule has 1 fully saturated rings. The molecule has 0 aromatic heterocycles. The van der Waals surface area contributed by atoms with Crippen LogP contribution in [0.3, 0.4) is 0 Å². The van der Waals surface area contributed by atoms with E-state index in [-0.39, 0.29) is 17.8 Å². The van der Waals surface area contributed by atoms with Crippen LogP contribution in [0.15, 0.2) is 30.4 Å². The fraction of sp³-hybridized carbons (Fsp3) is 0.438. The lowest BCUT2D eigenvalue weighted by molar-refractivity contribution is -0.145. The van der Waals surface area contributed by atoms with Gasteiger partial charge in [-0.1, -0.05) is 18.2 Å². The summed E-state index contributed by atoms with van der Waals surface area (Å²) in [6.07, 6.45) is 4.82. The van der Waals surface area contributed by atoms with Crippen LogP contribution in [0.4, 0.5) is 0 Å². The summed E-state index contributed by atoms with van der Waals surface area (Å²) in [6.45, 7) is 0. The first kappa shape index (κ1) is 13.9. The van der Waals surface area contributed by atoms with Crippen molar-refractivity contribution in [3.8, 4) is 11.5 Å². The van der Waals surface area contributed by atoms with Gasteiger partial charge in [0.05, 0.1) is 14.2 Å². The van der Waals surface area contributed by atoms with Crippen molar-refractivity contribution in [2.75, 3.05) is 14.2 Å². The number of methoxy groups -OCH3 is 2. The fourth-order valence-corrected chi connectivity index (χ4v) is 3.77. The summed E-state index contributed by atoms with van der Waals surface area (Å²) in [5.41, 5.74) is 5.94. The lowest BCUT2D eigenvalue weighted by Crippen LogP contribution is -2.55. The molecule has 0 aliphatic heterocycles. The van der Waals surface area contributed by atoms with Crippen molar-refractivity contribution in [3.05, 3.63) is 35.9 Å². The van der Waals surface area contributed by atoms with Crippen molar-refractivity contribution in [3.63, 3.8) is 0 Å². The van der Waals surface area contributed by atoms with Gasteiger partial charge >= 0.3 is 5.97 Å². The molecule has 0 radical (unpaired) electrons. The average molecular weight is 289 g/mol. The zero-order valence-electron chi connectivity index (χ0n) is 12.1. The van der Waals surface area contributed by atoms with Crippen molar-refractivity contribution in [1.82, 2.24) is 0 Å². The normalized spacial score (nSPS) is 33.2. The van der Waals surface area contributed by atoms with Gasteiger partial charge in [-0.2, -0.15) is 0 Å². The predicted molar refractivity (Wildman–Crippen MR) is 77.6 cm³/mol. The van der Waals surface area contributed by atoms with Gasteiger partial charge in [0.2, 0.25) is 0 Å². The summed E-state index contributed by atoms with van der Waals surface area (Å²) in [7, 11) is 3.14. The van der Waals surface area contributed by atoms with Crippen molar-refractivity contribution >= 4 is 5.97 Å². The molecule has 3 rings (SSSR count). The quantitative estimate of drug-likeness (QED) is 0.826. The maximum Gasteiger partial charge on any atom is 0.324 e. The Bertz CT molecular complexity index is 612. The highest BCUT2D eigenvalue weighted by molar-refractivity contribution is 5.82. The van der Waals surface area contributed by atoms with Gasteiger partial charge in [-0.15, -0.1) is 0 Å². The standard InChI is InChI=1S/C16H19NO4/c1-20-12-6-4-10(8-13(12)21-2)14-9-3-5-11(7-9)16(14,17)15(18)19/h3-6,8-9,11,14H,7,17H2,1-2H3,(H,18,19)/t9?,11?,14-,16-/m1/s1. The number of rotatable bonds is 4. The Kier molecular flexibility index (Phi) is 3.17. The first-order valence-corrected chi connectivity index (χ1v) is 6.95. The number of aliphatic carboxylic acids is 1. The van der Waals surface area contributed by atoms with E-state index in [0.717, 1.165) is 12.0 Å². The molecule has 1 aromatic carbocycles. The molecule has 2 aliphatic rings. The Hall–Kier alpha value is -2.01. The Labute approximate surface area is 123 Å². The molecule has 4 atom stereocenters. The Morgan fingerprint density at radius 3 is 2.62 bits per heavy atom. The minimum absolute atomic E-state index is 0.113. The highest BCUT2D eigenvalue weighted by atomic mass is 16.5. The first-order chi connectivity index (χ1) is 10.0. The molecule has 2 unspecified atom stereocenters. The van der Waals surface area contributed by atoms with E-state index in [4.69, 9.17) is 15.2 Å². The number of allylic oxidation sites excluding steroid dienone is 1. The molecule has 0 amide bonds. The van der Waals surface area contributed by atoms with Crippen LogP contribution >= 0.6 is 0 Å². The van der Waals surface area contributed by atoms with E-state index in [9.17, 15) is 9.90 Å². The number of hydrogen-bond donors (Lipinski definition) is 2. The lowest BCUT2D eigenvalue weighted by Gasteiger charge is -2.35. The number of carbonyl (C=O) groups is 1. The third kappa shape index (κ3) is 1.84. The number of carboxylic acid groups (broad SMARTS) is 1. The SMILES string of the molecule is COc1ccc([C@H]2C3C=CC(C3)[C@]2(N)C(=O)O)cc1OC. The van der Waals surface area contributed by atoms with Crippen LogP contribution in [0.25, 0.3) is 0 Å². The third-order valence-electron chi connectivity index (χ3n) is 4.81. The van der Waals surface area contributed by atoms with Crippen LogP contribution in [-0.4, -0.2) is 30.8 Å². The summed E-state index contributed by atoms with van der Waals surface area (Å²) in [5, 5.41) is 9.64. The lowest BCUT2D eigenvalue weighted by atomic mass is 9.73. The molecule has 1 aromatic rings. The molecule has 5 nitrogen and oxygen atoms in total. The van der Waals surface area contributed by atoms with Crippen LogP contribution in [0.2, 0.25) is 0 Å². The number of nitrogens with two attached hydrogens (primary N) is 1. The second-order valence-corrected chi connectivity index (χ2v) is 5.72. The number of benzene rings is 1. The van der Waals surface area contributed by atoms with Crippen LogP contribution in [0.5, 0.6) is 11.5 Å². The molecule has 1 saturated carbocycles. The molecule has 0 saturated heterocycles. The van der Waals surface area contributed by atoms with Gasteiger partial charge in [0, 0.05) is 11.8 Å². The topological polar surface area (TPSA) is 81.8 Å². The van der Waals surface area contributed by atoms with Crippen molar-refractivity contribution in [1.29, 1.82) is 0 Å². The summed E-state index contributed by atoms with van der Waals surface area (Å²) >= 11 is 0. The van der Waals surface area contributed by atoms with E-state index in [1.54, 1.807) is 20.3 Å². The largest absolute Gasteiger partial charge is 0.493 e. The van der Waals surface area contributed by atoms with E-state index in [0.29, 0.717) is 11.5 Å². The second kappa shape index (κ2) is 4.77.